The molecule has 0 atom stereocenters. The smallest absolute Gasteiger partial charge is 0.378 e. The van der Waals surface area contributed by atoms with Crippen LogP contribution in [0.4, 0.5) is 18.9 Å². The predicted molar refractivity (Wildman–Crippen MR) is 76.2 cm³/mol. The molecule has 2 rings (SSSR count). The number of alkyl halides is 3. The third kappa shape index (κ3) is 3.07. The van der Waals surface area contributed by atoms with Gasteiger partial charge in [-0.25, -0.2) is 0 Å². The normalized spacial score (nSPS) is 11.5. The number of halogens is 4. The van der Waals surface area contributed by atoms with E-state index in [1.54, 1.807) is 29.2 Å². The maximum Gasteiger partial charge on any atom is 0.417 e. The zero-order valence-electron chi connectivity index (χ0n) is 11.0. The monoisotopic (exact) mass is 299 g/mol. The summed E-state index contributed by atoms with van der Waals surface area (Å²) >= 11 is 6.00. The molecule has 2 aromatic carbocycles. The summed E-state index contributed by atoms with van der Waals surface area (Å²) in [5.41, 5.74) is 0.677. The lowest BCUT2D eigenvalue weighted by atomic mass is 9.99. The van der Waals surface area contributed by atoms with Gasteiger partial charge in [0.1, 0.15) is 0 Å². The van der Waals surface area contributed by atoms with Crippen molar-refractivity contribution in [1.82, 2.24) is 0 Å². The predicted octanol–water partition coefficient (Wildman–Crippen LogP) is 5.09. The first-order valence-corrected chi connectivity index (χ1v) is 6.31. The lowest BCUT2D eigenvalue weighted by molar-refractivity contribution is -0.137. The molecular formula is C15H13ClF3N. The van der Waals surface area contributed by atoms with Gasteiger partial charge in [0.25, 0.3) is 0 Å². The lowest BCUT2D eigenvalue weighted by Crippen LogP contribution is -2.09. The Morgan fingerprint density at radius 1 is 1.00 bits per heavy atom. The van der Waals surface area contributed by atoms with Gasteiger partial charge in [-0.15, -0.1) is 0 Å². The Bertz CT molecular complexity index is 621. The van der Waals surface area contributed by atoms with E-state index < -0.39 is 11.7 Å². The lowest BCUT2D eigenvalue weighted by Gasteiger charge is -2.17. The molecule has 5 heteroatoms. The Labute approximate surface area is 120 Å². The second kappa shape index (κ2) is 5.37. The van der Waals surface area contributed by atoms with Gasteiger partial charge in [0.05, 0.1) is 5.56 Å². The third-order valence-corrected chi connectivity index (χ3v) is 3.16. The Kier molecular flexibility index (Phi) is 3.95. The van der Waals surface area contributed by atoms with E-state index in [0.29, 0.717) is 10.6 Å². The van der Waals surface area contributed by atoms with E-state index in [4.69, 9.17) is 11.6 Å². The summed E-state index contributed by atoms with van der Waals surface area (Å²) < 4.78 is 39.2. The Balaban J connectivity index is 2.63. The topological polar surface area (TPSA) is 3.24 Å². The van der Waals surface area contributed by atoms with Crippen LogP contribution in [-0.4, -0.2) is 14.1 Å². The van der Waals surface area contributed by atoms with Crippen molar-refractivity contribution in [3.8, 4) is 11.1 Å². The van der Waals surface area contributed by atoms with Crippen molar-refractivity contribution in [2.75, 3.05) is 19.0 Å². The second-order valence-corrected chi connectivity index (χ2v) is 5.07. The first-order valence-electron chi connectivity index (χ1n) is 5.93. The molecule has 1 nitrogen and oxygen atoms in total. The molecule has 0 heterocycles. The number of hydrogen-bond donors (Lipinski definition) is 0. The van der Waals surface area contributed by atoms with E-state index in [9.17, 15) is 13.2 Å². The Morgan fingerprint density at radius 3 is 2.25 bits per heavy atom. The minimum Gasteiger partial charge on any atom is -0.378 e. The van der Waals surface area contributed by atoms with Crippen molar-refractivity contribution < 1.29 is 13.2 Å². The van der Waals surface area contributed by atoms with Crippen LogP contribution in [0.15, 0.2) is 42.5 Å². The van der Waals surface area contributed by atoms with Crippen molar-refractivity contribution in [1.29, 1.82) is 0 Å². The van der Waals surface area contributed by atoms with Crippen LogP contribution < -0.4 is 4.90 Å². The number of nitrogens with zero attached hydrogens (tertiary/aromatic N) is 1. The molecule has 0 aromatic heterocycles. The first-order chi connectivity index (χ1) is 9.29. The fourth-order valence-corrected chi connectivity index (χ4v) is 2.20. The highest BCUT2D eigenvalue weighted by atomic mass is 35.5. The van der Waals surface area contributed by atoms with Gasteiger partial charge in [0.2, 0.25) is 0 Å². The number of benzene rings is 2. The van der Waals surface area contributed by atoms with Crippen LogP contribution in [-0.2, 0) is 6.18 Å². The molecule has 0 fully saturated rings. The largest absolute Gasteiger partial charge is 0.417 e. The molecule has 0 amide bonds. The van der Waals surface area contributed by atoms with Crippen molar-refractivity contribution in [3.05, 3.63) is 53.1 Å². The molecule has 0 unspecified atom stereocenters. The van der Waals surface area contributed by atoms with Gasteiger partial charge in [0, 0.05) is 24.8 Å². The molecule has 106 valence electrons. The molecule has 0 aliphatic heterocycles. The van der Waals surface area contributed by atoms with Crippen molar-refractivity contribution in [2.45, 2.75) is 6.18 Å². The highest BCUT2D eigenvalue weighted by Crippen LogP contribution is 2.38. The highest BCUT2D eigenvalue weighted by molar-refractivity contribution is 6.31. The van der Waals surface area contributed by atoms with Crippen molar-refractivity contribution in [3.63, 3.8) is 0 Å². The van der Waals surface area contributed by atoms with Gasteiger partial charge in [-0.3, -0.25) is 0 Å². The average molecular weight is 300 g/mol. The van der Waals surface area contributed by atoms with Crippen LogP contribution in [0.3, 0.4) is 0 Å². The summed E-state index contributed by atoms with van der Waals surface area (Å²) in [6.07, 6.45) is -4.39. The minimum atomic E-state index is -4.39. The molecular weight excluding hydrogens is 287 g/mol. The summed E-state index contributed by atoms with van der Waals surface area (Å²) in [7, 11) is 3.62. The molecule has 0 bridgehead atoms. The standard InChI is InChI=1S/C15H13ClF3N/c1-20(2)12-8-10(7-11(16)9-12)13-5-3-4-6-14(13)15(17,18)19/h3-9H,1-2H3. The maximum absolute atomic E-state index is 13.1. The van der Waals surface area contributed by atoms with Gasteiger partial charge in [-0.05, 0) is 35.4 Å². The third-order valence-electron chi connectivity index (χ3n) is 2.94. The van der Waals surface area contributed by atoms with E-state index in [1.807, 2.05) is 14.1 Å². The zero-order chi connectivity index (χ0) is 14.9. The molecule has 0 N–H and O–H groups in total. The number of anilines is 1. The molecule has 2 aromatic rings. The number of rotatable bonds is 2. The van der Waals surface area contributed by atoms with Gasteiger partial charge in [-0.1, -0.05) is 29.8 Å². The van der Waals surface area contributed by atoms with Gasteiger partial charge in [-0.2, -0.15) is 13.2 Å². The zero-order valence-corrected chi connectivity index (χ0v) is 11.8. The van der Waals surface area contributed by atoms with E-state index >= 15 is 0 Å². The fraction of sp³-hybridized carbons (Fsp3) is 0.200. The van der Waals surface area contributed by atoms with Crippen LogP contribution in [0.1, 0.15) is 5.56 Å². The number of hydrogen-bond acceptors (Lipinski definition) is 1. The van der Waals surface area contributed by atoms with E-state index in [0.717, 1.165) is 11.8 Å². The summed E-state index contributed by atoms with van der Waals surface area (Å²) in [6.45, 7) is 0. The van der Waals surface area contributed by atoms with E-state index in [1.165, 1.54) is 12.1 Å². The summed E-state index contributed by atoms with van der Waals surface area (Å²) in [5, 5.41) is 0.406. The molecule has 0 saturated heterocycles. The molecule has 20 heavy (non-hydrogen) atoms. The van der Waals surface area contributed by atoms with Crippen LogP contribution in [0.5, 0.6) is 0 Å². The summed E-state index contributed by atoms with van der Waals surface area (Å²) in [4.78, 5) is 1.80. The molecule has 0 saturated carbocycles. The van der Waals surface area contributed by atoms with E-state index in [-0.39, 0.29) is 5.56 Å². The van der Waals surface area contributed by atoms with Gasteiger partial charge >= 0.3 is 6.18 Å². The quantitative estimate of drug-likeness (QED) is 0.746. The highest BCUT2D eigenvalue weighted by Gasteiger charge is 2.33. The second-order valence-electron chi connectivity index (χ2n) is 4.64. The first kappa shape index (κ1) is 14.7. The SMILES string of the molecule is CN(C)c1cc(Cl)cc(-c2ccccc2C(F)(F)F)c1. The molecule has 0 aliphatic rings. The van der Waals surface area contributed by atoms with E-state index in [2.05, 4.69) is 0 Å². The Morgan fingerprint density at radius 2 is 1.65 bits per heavy atom. The molecule has 0 spiro atoms. The maximum atomic E-state index is 13.1. The van der Waals surface area contributed by atoms with Gasteiger partial charge in [0.15, 0.2) is 0 Å². The fourth-order valence-electron chi connectivity index (χ4n) is 1.97. The van der Waals surface area contributed by atoms with Crippen LogP contribution in [0, 0.1) is 0 Å². The summed E-state index contributed by atoms with van der Waals surface area (Å²) in [5.74, 6) is 0. The minimum absolute atomic E-state index is 0.130. The summed E-state index contributed by atoms with van der Waals surface area (Å²) in [6, 6.07) is 10.4. The average Bonchev–Trinajstić information content (AvgIpc) is 2.37. The van der Waals surface area contributed by atoms with Crippen LogP contribution in [0.25, 0.3) is 11.1 Å². The van der Waals surface area contributed by atoms with Crippen molar-refractivity contribution >= 4 is 17.3 Å². The van der Waals surface area contributed by atoms with Crippen LogP contribution >= 0.6 is 11.6 Å². The Hall–Kier alpha value is -1.68. The van der Waals surface area contributed by atoms with Gasteiger partial charge < -0.3 is 4.90 Å². The molecule has 0 aliphatic carbocycles. The van der Waals surface area contributed by atoms with Crippen molar-refractivity contribution in [2.24, 2.45) is 0 Å². The molecule has 0 radical (unpaired) electrons. The van der Waals surface area contributed by atoms with Crippen LogP contribution in [0.2, 0.25) is 5.02 Å².